The third-order valence-corrected chi connectivity index (χ3v) is 2.12. The fraction of sp³-hybridized carbons (Fsp3) is 0.200. The van der Waals surface area contributed by atoms with E-state index in [1.807, 2.05) is 0 Å². The maximum absolute atomic E-state index is 12.3. The van der Waals surface area contributed by atoms with Crippen molar-refractivity contribution in [2.45, 2.75) is 12.8 Å². The molecule has 4 nitrogen and oxygen atoms in total. The molecule has 2 heterocycles. The second-order valence-electron chi connectivity index (χ2n) is 3.31. The monoisotopic (exact) mass is 243 g/mol. The molecule has 0 radical (unpaired) electrons. The van der Waals surface area contributed by atoms with E-state index < -0.39 is 11.7 Å². The van der Waals surface area contributed by atoms with E-state index in [0.717, 1.165) is 12.3 Å². The van der Waals surface area contributed by atoms with Crippen LogP contribution in [0.5, 0.6) is 0 Å². The van der Waals surface area contributed by atoms with Crippen LogP contribution in [-0.4, -0.2) is 19.9 Å². The van der Waals surface area contributed by atoms with Crippen molar-refractivity contribution >= 4 is 0 Å². The van der Waals surface area contributed by atoms with Crippen LogP contribution in [0, 0.1) is 0 Å². The fourth-order valence-corrected chi connectivity index (χ4v) is 1.26. The van der Waals surface area contributed by atoms with Crippen molar-refractivity contribution in [3.05, 3.63) is 41.9 Å². The minimum Gasteiger partial charge on any atom is -0.390 e. The van der Waals surface area contributed by atoms with Gasteiger partial charge in [0.15, 0.2) is 5.82 Å². The van der Waals surface area contributed by atoms with Gasteiger partial charge < -0.3 is 5.11 Å². The number of hydrogen-bond donors (Lipinski definition) is 1. The number of rotatable bonds is 2. The molecular weight excluding hydrogens is 235 g/mol. The van der Waals surface area contributed by atoms with Crippen molar-refractivity contribution in [1.29, 1.82) is 0 Å². The van der Waals surface area contributed by atoms with Crippen LogP contribution in [-0.2, 0) is 12.8 Å². The molecule has 1 N–H and O–H groups in total. The lowest BCUT2D eigenvalue weighted by Crippen LogP contribution is -2.07. The normalized spacial score (nSPS) is 11.8. The number of pyridine rings is 1. The Morgan fingerprint density at radius 2 is 2.00 bits per heavy atom. The van der Waals surface area contributed by atoms with E-state index in [0.29, 0.717) is 5.69 Å². The highest BCUT2D eigenvalue weighted by molar-refractivity contribution is 5.26. The van der Waals surface area contributed by atoms with Gasteiger partial charge in [0.25, 0.3) is 0 Å². The highest BCUT2D eigenvalue weighted by Crippen LogP contribution is 2.28. The van der Waals surface area contributed by atoms with Crippen LogP contribution >= 0.6 is 0 Å². The molecule has 2 aromatic rings. The number of aromatic nitrogens is 3. The van der Waals surface area contributed by atoms with Gasteiger partial charge in [-0.3, -0.25) is 0 Å². The van der Waals surface area contributed by atoms with Gasteiger partial charge in [-0.1, -0.05) is 0 Å². The van der Waals surface area contributed by atoms with Gasteiger partial charge in [0.05, 0.1) is 17.9 Å². The summed E-state index contributed by atoms with van der Waals surface area (Å²) in [4.78, 5) is 3.66. The SMILES string of the molecule is OCc1ccn(-c2ccc(C(F)(F)F)cn2)n1. The van der Waals surface area contributed by atoms with Crippen LogP contribution in [0.4, 0.5) is 13.2 Å². The van der Waals surface area contributed by atoms with E-state index in [1.54, 1.807) is 6.07 Å². The summed E-state index contributed by atoms with van der Waals surface area (Å²) in [6.45, 7) is -0.229. The van der Waals surface area contributed by atoms with Crippen LogP contribution < -0.4 is 0 Å². The van der Waals surface area contributed by atoms with E-state index in [4.69, 9.17) is 5.11 Å². The smallest absolute Gasteiger partial charge is 0.390 e. The van der Waals surface area contributed by atoms with Crippen molar-refractivity contribution in [3.63, 3.8) is 0 Å². The van der Waals surface area contributed by atoms with Gasteiger partial charge in [0.2, 0.25) is 0 Å². The molecule has 2 rings (SSSR count). The van der Waals surface area contributed by atoms with Crippen molar-refractivity contribution in [2.75, 3.05) is 0 Å². The Kier molecular flexibility index (Phi) is 2.84. The molecule has 0 saturated heterocycles. The molecule has 0 fully saturated rings. The topological polar surface area (TPSA) is 50.9 Å². The molecule has 0 aliphatic carbocycles. The first kappa shape index (κ1) is 11.6. The molecule has 0 amide bonds. The lowest BCUT2D eigenvalue weighted by Gasteiger charge is -2.06. The molecule has 0 unspecified atom stereocenters. The number of hydrogen-bond acceptors (Lipinski definition) is 3. The van der Waals surface area contributed by atoms with E-state index in [2.05, 4.69) is 10.1 Å². The van der Waals surface area contributed by atoms with Crippen molar-refractivity contribution in [2.24, 2.45) is 0 Å². The zero-order valence-corrected chi connectivity index (χ0v) is 8.52. The first-order valence-corrected chi connectivity index (χ1v) is 4.70. The second kappa shape index (κ2) is 4.17. The summed E-state index contributed by atoms with van der Waals surface area (Å²) >= 11 is 0. The molecule has 0 aliphatic heterocycles. The van der Waals surface area contributed by atoms with Gasteiger partial charge in [-0.2, -0.15) is 18.3 Å². The molecule has 17 heavy (non-hydrogen) atoms. The van der Waals surface area contributed by atoms with Crippen LogP contribution in [0.2, 0.25) is 0 Å². The molecule has 7 heteroatoms. The molecule has 0 aromatic carbocycles. The minimum atomic E-state index is -4.40. The first-order chi connectivity index (χ1) is 8.00. The molecule has 0 bridgehead atoms. The van der Waals surface area contributed by atoms with Gasteiger partial charge in [0.1, 0.15) is 0 Å². The van der Waals surface area contributed by atoms with Crippen LogP contribution in [0.25, 0.3) is 5.82 Å². The quantitative estimate of drug-likeness (QED) is 0.874. The number of aliphatic hydroxyl groups excluding tert-OH is 1. The third kappa shape index (κ3) is 2.44. The predicted molar refractivity (Wildman–Crippen MR) is 52.3 cm³/mol. The summed E-state index contributed by atoms with van der Waals surface area (Å²) in [5.74, 6) is 0.262. The lowest BCUT2D eigenvalue weighted by molar-refractivity contribution is -0.137. The average molecular weight is 243 g/mol. The first-order valence-electron chi connectivity index (χ1n) is 4.70. The number of nitrogens with zero attached hydrogens (tertiary/aromatic N) is 3. The lowest BCUT2D eigenvalue weighted by atomic mass is 10.3. The zero-order chi connectivity index (χ0) is 12.5. The molecule has 0 aliphatic rings. The summed E-state index contributed by atoms with van der Waals surface area (Å²) in [5, 5.41) is 12.7. The standard InChI is InChI=1S/C10H8F3N3O/c11-10(12,13)7-1-2-9(14-5-7)16-4-3-8(6-17)15-16/h1-5,17H,6H2. The summed E-state index contributed by atoms with van der Waals surface area (Å²) in [6, 6.07) is 3.71. The highest BCUT2D eigenvalue weighted by atomic mass is 19.4. The Bertz CT molecular complexity index is 504. The Morgan fingerprint density at radius 1 is 1.24 bits per heavy atom. The third-order valence-electron chi connectivity index (χ3n) is 2.12. The minimum absolute atomic E-state index is 0.229. The van der Waals surface area contributed by atoms with Gasteiger partial charge >= 0.3 is 6.18 Å². The van der Waals surface area contributed by atoms with Gasteiger partial charge in [-0.05, 0) is 18.2 Å². The maximum Gasteiger partial charge on any atom is 0.417 e. The highest BCUT2D eigenvalue weighted by Gasteiger charge is 2.30. The Morgan fingerprint density at radius 3 is 2.47 bits per heavy atom. The largest absolute Gasteiger partial charge is 0.417 e. The van der Waals surface area contributed by atoms with Crippen LogP contribution in [0.3, 0.4) is 0 Å². The predicted octanol–water partition coefficient (Wildman–Crippen LogP) is 1.78. The van der Waals surface area contributed by atoms with E-state index in [9.17, 15) is 13.2 Å². The van der Waals surface area contributed by atoms with Gasteiger partial charge in [-0.25, -0.2) is 9.67 Å². The van der Waals surface area contributed by atoms with Crippen LogP contribution in [0.15, 0.2) is 30.6 Å². The molecule has 0 spiro atoms. The summed E-state index contributed by atoms with van der Waals surface area (Å²) in [5.41, 5.74) is -0.387. The Balaban J connectivity index is 2.29. The van der Waals surface area contributed by atoms with Crippen molar-refractivity contribution < 1.29 is 18.3 Å². The summed E-state index contributed by atoms with van der Waals surface area (Å²) in [7, 11) is 0. The molecule has 90 valence electrons. The number of aliphatic hydroxyl groups is 1. The fourth-order valence-electron chi connectivity index (χ4n) is 1.26. The van der Waals surface area contributed by atoms with E-state index in [1.165, 1.54) is 16.9 Å². The summed E-state index contributed by atoms with van der Waals surface area (Å²) in [6.07, 6.45) is -2.14. The molecule has 0 saturated carbocycles. The summed E-state index contributed by atoms with van der Waals surface area (Å²) < 4.78 is 38.2. The molecule has 2 aromatic heterocycles. The Labute approximate surface area is 94.3 Å². The maximum atomic E-state index is 12.3. The second-order valence-corrected chi connectivity index (χ2v) is 3.31. The molecular formula is C10H8F3N3O. The Hall–Kier alpha value is -1.89. The zero-order valence-electron chi connectivity index (χ0n) is 8.52. The van der Waals surface area contributed by atoms with E-state index >= 15 is 0 Å². The van der Waals surface area contributed by atoms with E-state index in [-0.39, 0.29) is 12.4 Å². The van der Waals surface area contributed by atoms with Crippen molar-refractivity contribution in [3.8, 4) is 5.82 Å². The van der Waals surface area contributed by atoms with Crippen molar-refractivity contribution in [1.82, 2.24) is 14.8 Å². The van der Waals surface area contributed by atoms with Gasteiger partial charge in [0, 0.05) is 12.4 Å². The number of halogens is 3. The average Bonchev–Trinajstić information content (AvgIpc) is 2.76. The van der Waals surface area contributed by atoms with Crippen LogP contribution in [0.1, 0.15) is 11.3 Å². The number of alkyl halides is 3. The van der Waals surface area contributed by atoms with Gasteiger partial charge in [-0.15, -0.1) is 0 Å². The molecule has 0 atom stereocenters.